The molecule has 6 heteroatoms. The van der Waals surface area contributed by atoms with Crippen molar-refractivity contribution in [1.29, 1.82) is 0 Å². The van der Waals surface area contributed by atoms with Gasteiger partial charge in [0.2, 0.25) is 0 Å². The number of rotatable bonds is 12. The number of hydrogen-bond acceptors (Lipinski definition) is 6. The molecule has 21 heavy (non-hydrogen) atoms. The van der Waals surface area contributed by atoms with Crippen molar-refractivity contribution in [2.75, 3.05) is 50.7 Å². The van der Waals surface area contributed by atoms with Gasteiger partial charge in [-0.15, -0.1) is 0 Å². The van der Waals surface area contributed by atoms with Gasteiger partial charge in [-0.25, -0.2) is 9.97 Å². The van der Waals surface area contributed by atoms with E-state index in [0.717, 1.165) is 49.6 Å². The first kappa shape index (κ1) is 17.7. The predicted octanol–water partition coefficient (Wildman–Crippen LogP) is 2.33. The van der Waals surface area contributed by atoms with Gasteiger partial charge < -0.3 is 20.1 Å². The topological polar surface area (TPSA) is 68.3 Å². The Labute approximate surface area is 127 Å². The number of hydrogen-bond donors (Lipinski definition) is 2. The molecule has 0 atom stereocenters. The van der Waals surface area contributed by atoms with Gasteiger partial charge in [-0.05, 0) is 12.8 Å². The summed E-state index contributed by atoms with van der Waals surface area (Å²) in [7, 11) is 1.67. The monoisotopic (exact) mass is 296 g/mol. The molecule has 6 nitrogen and oxygen atoms in total. The second-order valence-electron chi connectivity index (χ2n) is 4.76. The Morgan fingerprint density at radius 1 is 0.952 bits per heavy atom. The molecule has 0 aromatic carbocycles. The normalized spacial score (nSPS) is 10.6. The fraction of sp³-hybridized carbons (Fsp3) is 0.733. The third-order valence-corrected chi connectivity index (χ3v) is 2.96. The van der Waals surface area contributed by atoms with Gasteiger partial charge in [0.05, 0.1) is 19.8 Å². The van der Waals surface area contributed by atoms with E-state index in [4.69, 9.17) is 9.47 Å². The molecule has 1 heterocycles. The van der Waals surface area contributed by atoms with E-state index >= 15 is 0 Å². The van der Waals surface area contributed by atoms with Gasteiger partial charge in [0.25, 0.3) is 0 Å². The van der Waals surface area contributed by atoms with Gasteiger partial charge in [-0.3, -0.25) is 0 Å². The molecule has 0 bridgehead atoms. The van der Waals surface area contributed by atoms with E-state index in [9.17, 15) is 0 Å². The highest BCUT2D eigenvalue weighted by Gasteiger charge is 2.09. The van der Waals surface area contributed by atoms with Gasteiger partial charge in [-0.1, -0.05) is 20.3 Å². The summed E-state index contributed by atoms with van der Waals surface area (Å²) in [5.74, 6) is 1.84. The van der Waals surface area contributed by atoms with Crippen molar-refractivity contribution in [1.82, 2.24) is 9.97 Å². The lowest BCUT2D eigenvalue weighted by Gasteiger charge is -2.15. The van der Waals surface area contributed by atoms with Crippen LogP contribution in [0.4, 0.5) is 11.6 Å². The van der Waals surface area contributed by atoms with Crippen molar-refractivity contribution in [3.8, 4) is 0 Å². The Kier molecular flexibility index (Phi) is 9.48. The van der Waals surface area contributed by atoms with Crippen LogP contribution < -0.4 is 10.6 Å². The molecule has 1 aromatic heterocycles. The smallest absolute Gasteiger partial charge is 0.134 e. The van der Waals surface area contributed by atoms with Crippen LogP contribution in [0.5, 0.6) is 0 Å². The van der Waals surface area contributed by atoms with Gasteiger partial charge in [0.15, 0.2) is 0 Å². The molecule has 0 fully saturated rings. The minimum absolute atomic E-state index is 0.618. The van der Waals surface area contributed by atoms with Crippen LogP contribution in [-0.2, 0) is 15.9 Å². The maximum Gasteiger partial charge on any atom is 0.134 e. The average Bonchev–Trinajstić information content (AvgIpc) is 2.50. The summed E-state index contributed by atoms with van der Waals surface area (Å²) in [4.78, 5) is 8.71. The lowest BCUT2D eigenvalue weighted by molar-refractivity contribution is 0.0759. The van der Waals surface area contributed by atoms with Crippen molar-refractivity contribution in [3.63, 3.8) is 0 Å². The standard InChI is InChI=1S/C15H28N4O2/c1-4-6-13-14(16-7-5-2)18-12-19-15(13)17-8-9-21-11-10-20-3/h12H,4-11H2,1-3H3,(H2,16,17,18,19). The molecule has 0 amide bonds. The zero-order chi connectivity index (χ0) is 15.3. The zero-order valence-corrected chi connectivity index (χ0v) is 13.4. The summed E-state index contributed by atoms with van der Waals surface area (Å²) in [5, 5.41) is 6.70. The van der Waals surface area contributed by atoms with Crippen molar-refractivity contribution in [2.45, 2.75) is 33.1 Å². The fourth-order valence-electron chi connectivity index (χ4n) is 1.93. The number of anilines is 2. The first-order valence-corrected chi connectivity index (χ1v) is 7.71. The van der Waals surface area contributed by atoms with Gasteiger partial charge in [0.1, 0.15) is 18.0 Å². The van der Waals surface area contributed by atoms with Crippen molar-refractivity contribution in [2.24, 2.45) is 0 Å². The van der Waals surface area contributed by atoms with Crippen LogP contribution in [0.25, 0.3) is 0 Å². The molecule has 2 N–H and O–H groups in total. The number of aromatic nitrogens is 2. The highest BCUT2D eigenvalue weighted by molar-refractivity contribution is 5.57. The largest absolute Gasteiger partial charge is 0.382 e. The zero-order valence-electron chi connectivity index (χ0n) is 13.4. The molecule has 0 aliphatic rings. The minimum Gasteiger partial charge on any atom is -0.382 e. The Balaban J connectivity index is 2.54. The Morgan fingerprint density at radius 2 is 1.67 bits per heavy atom. The lowest BCUT2D eigenvalue weighted by atomic mass is 10.1. The maximum atomic E-state index is 5.44. The molecule has 0 aliphatic carbocycles. The fourth-order valence-corrected chi connectivity index (χ4v) is 1.93. The van der Waals surface area contributed by atoms with E-state index in [1.807, 2.05) is 0 Å². The van der Waals surface area contributed by atoms with E-state index in [2.05, 4.69) is 34.4 Å². The van der Waals surface area contributed by atoms with Crippen LogP contribution in [0, 0.1) is 0 Å². The lowest BCUT2D eigenvalue weighted by Crippen LogP contribution is -2.15. The minimum atomic E-state index is 0.618. The van der Waals surface area contributed by atoms with Crippen molar-refractivity contribution in [3.05, 3.63) is 11.9 Å². The molecule has 120 valence electrons. The Morgan fingerprint density at radius 3 is 2.29 bits per heavy atom. The second kappa shape index (κ2) is 11.3. The Bertz CT molecular complexity index is 388. The quantitative estimate of drug-likeness (QED) is 0.577. The van der Waals surface area contributed by atoms with E-state index in [1.165, 1.54) is 0 Å². The number of ether oxygens (including phenoxy) is 2. The molecule has 0 spiro atoms. The molecule has 0 saturated heterocycles. The molecule has 1 rings (SSSR count). The third kappa shape index (κ3) is 6.73. The van der Waals surface area contributed by atoms with E-state index in [1.54, 1.807) is 13.4 Å². The summed E-state index contributed by atoms with van der Waals surface area (Å²) < 4.78 is 10.4. The number of nitrogens with one attached hydrogen (secondary N) is 2. The van der Waals surface area contributed by atoms with Gasteiger partial charge in [-0.2, -0.15) is 0 Å². The molecular formula is C15H28N4O2. The van der Waals surface area contributed by atoms with Crippen LogP contribution in [-0.4, -0.2) is 50.0 Å². The molecule has 0 aliphatic heterocycles. The second-order valence-corrected chi connectivity index (χ2v) is 4.76. The highest BCUT2D eigenvalue weighted by Crippen LogP contribution is 2.21. The summed E-state index contributed by atoms with van der Waals surface area (Å²) in [6, 6.07) is 0. The first-order chi connectivity index (χ1) is 10.3. The van der Waals surface area contributed by atoms with Crippen molar-refractivity contribution >= 4 is 11.6 Å². The molecule has 0 radical (unpaired) electrons. The predicted molar refractivity (Wildman–Crippen MR) is 86.0 cm³/mol. The summed E-state index contributed by atoms with van der Waals surface area (Å²) in [6.45, 7) is 7.83. The number of methoxy groups -OCH3 is 1. The van der Waals surface area contributed by atoms with Gasteiger partial charge in [0, 0.05) is 25.8 Å². The van der Waals surface area contributed by atoms with Crippen LogP contribution in [0.2, 0.25) is 0 Å². The third-order valence-electron chi connectivity index (χ3n) is 2.96. The van der Waals surface area contributed by atoms with E-state index in [-0.39, 0.29) is 0 Å². The van der Waals surface area contributed by atoms with Crippen molar-refractivity contribution < 1.29 is 9.47 Å². The first-order valence-electron chi connectivity index (χ1n) is 7.71. The molecule has 0 unspecified atom stereocenters. The van der Waals surface area contributed by atoms with Crippen LogP contribution in [0.1, 0.15) is 32.3 Å². The molecular weight excluding hydrogens is 268 g/mol. The summed E-state index contributed by atoms with van der Waals surface area (Å²) in [6.07, 6.45) is 4.70. The SMILES string of the molecule is CCCNc1ncnc(NCCOCCOC)c1CCC. The highest BCUT2D eigenvalue weighted by atomic mass is 16.5. The molecule has 0 saturated carbocycles. The number of nitrogens with zero attached hydrogens (tertiary/aromatic N) is 2. The Hall–Kier alpha value is -1.40. The van der Waals surface area contributed by atoms with Crippen LogP contribution in [0.3, 0.4) is 0 Å². The van der Waals surface area contributed by atoms with E-state index in [0.29, 0.717) is 19.8 Å². The summed E-state index contributed by atoms with van der Waals surface area (Å²) >= 11 is 0. The maximum absolute atomic E-state index is 5.44. The van der Waals surface area contributed by atoms with Crippen LogP contribution >= 0.6 is 0 Å². The van der Waals surface area contributed by atoms with Crippen LogP contribution in [0.15, 0.2) is 6.33 Å². The summed E-state index contributed by atoms with van der Waals surface area (Å²) in [5.41, 5.74) is 1.16. The average molecular weight is 296 g/mol. The molecule has 1 aromatic rings. The van der Waals surface area contributed by atoms with Gasteiger partial charge >= 0.3 is 0 Å². The van der Waals surface area contributed by atoms with E-state index < -0.39 is 0 Å².